The highest BCUT2D eigenvalue weighted by Gasteiger charge is 2.33. The first-order valence-corrected chi connectivity index (χ1v) is 12.9. The van der Waals surface area contributed by atoms with Crippen LogP contribution in [0, 0.1) is 5.82 Å². The van der Waals surface area contributed by atoms with Crippen molar-refractivity contribution in [2.75, 3.05) is 49.1 Å². The van der Waals surface area contributed by atoms with Gasteiger partial charge in [0.15, 0.2) is 6.23 Å². The van der Waals surface area contributed by atoms with E-state index in [0.29, 0.717) is 49.9 Å². The number of halogens is 1. The van der Waals surface area contributed by atoms with E-state index >= 15 is 4.39 Å². The van der Waals surface area contributed by atoms with Crippen LogP contribution < -0.4 is 25.3 Å². The van der Waals surface area contributed by atoms with Gasteiger partial charge in [-0.2, -0.15) is 0 Å². The van der Waals surface area contributed by atoms with Crippen molar-refractivity contribution in [3.63, 3.8) is 0 Å². The standard InChI is InChI=1S/C26H32BFN4O6/c1-3-25(37-20-6-4-18-16-36-27(35)22(18)13-20)31-10-8-30(9-11-31)24-7-5-19(12-23(24)28)32-15-21(38-26(32)34)14-29-17(2)33/h4-7,12-13,21,25,35H,3,8-11,14-16H2,1-2H3,(H,29,33). The van der Waals surface area contributed by atoms with Crippen molar-refractivity contribution in [2.24, 2.45) is 0 Å². The number of hydrogen-bond acceptors (Lipinski definition) is 8. The molecule has 0 radical (unpaired) electrons. The third-order valence-electron chi connectivity index (χ3n) is 7.16. The van der Waals surface area contributed by atoms with Gasteiger partial charge in [0, 0.05) is 33.1 Å². The molecule has 2 saturated heterocycles. The lowest BCUT2D eigenvalue weighted by atomic mass is 9.79. The van der Waals surface area contributed by atoms with Crippen LogP contribution in [0.3, 0.4) is 0 Å². The maximum Gasteiger partial charge on any atom is 0.491 e. The minimum Gasteiger partial charge on any atom is -0.475 e. The van der Waals surface area contributed by atoms with Gasteiger partial charge in [0.25, 0.3) is 0 Å². The molecule has 0 spiro atoms. The minimum atomic E-state index is -0.917. The van der Waals surface area contributed by atoms with Gasteiger partial charge in [-0.05, 0) is 47.8 Å². The fraction of sp³-hybridized carbons (Fsp3) is 0.462. The SMILES string of the molecule is CCC(Oc1ccc2c(c1)B(O)OC2)N1CCN(c2ccc(N3CC(CNC(C)=O)OC3=O)cc2F)CC1. The number of hydrogen-bond donors (Lipinski definition) is 2. The number of fused-ring (bicyclic) bond motifs is 1. The van der Waals surface area contributed by atoms with Crippen molar-refractivity contribution in [3.8, 4) is 5.75 Å². The zero-order valence-electron chi connectivity index (χ0n) is 21.6. The number of carbonyl (C=O) groups is 2. The third-order valence-corrected chi connectivity index (χ3v) is 7.16. The average Bonchev–Trinajstić information content (AvgIpc) is 3.48. The zero-order valence-corrected chi connectivity index (χ0v) is 21.6. The highest BCUT2D eigenvalue weighted by molar-refractivity contribution is 6.61. The summed E-state index contributed by atoms with van der Waals surface area (Å²) in [7, 11) is -0.917. The van der Waals surface area contributed by atoms with Crippen LogP contribution in [0.15, 0.2) is 36.4 Å². The molecule has 3 heterocycles. The minimum absolute atomic E-state index is 0.145. The van der Waals surface area contributed by atoms with E-state index in [-0.39, 0.29) is 25.2 Å². The van der Waals surface area contributed by atoms with Crippen molar-refractivity contribution >= 4 is 36.0 Å². The maximum atomic E-state index is 15.2. The summed E-state index contributed by atoms with van der Waals surface area (Å²) >= 11 is 0. The van der Waals surface area contributed by atoms with E-state index < -0.39 is 25.1 Å². The first-order valence-electron chi connectivity index (χ1n) is 12.9. The molecule has 0 aliphatic carbocycles. The van der Waals surface area contributed by atoms with Gasteiger partial charge in [0.05, 0.1) is 31.1 Å². The van der Waals surface area contributed by atoms with E-state index in [1.54, 1.807) is 12.1 Å². The predicted octanol–water partition coefficient (Wildman–Crippen LogP) is 1.44. The highest BCUT2D eigenvalue weighted by atomic mass is 19.1. The smallest absolute Gasteiger partial charge is 0.475 e. The molecule has 5 rings (SSSR count). The molecule has 0 bridgehead atoms. The van der Waals surface area contributed by atoms with Crippen LogP contribution in [-0.4, -0.2) is 80.6 Å². The van der Waals surface area contributed by atoms with E-state index in [1.165, 1.54) is 17.9 Å². The number of nitrogens with zero attached hydrogens (tertiary/aromatic N) is 3. The lowest BCUT2D eigenvalue weighted by Crippen LogP contribution is -2.52. The van der Waals surface area contributed by atoms with Gasteiger partial charge >= 0.3 is 13.2 Å². The highest BCUT2D eigenvalue weighted by Crippen LogP contribution is 2.29. The zero-order chi connectivity index (χ0) is 26.8. The number of carbonyl (C=O) groups excluding carboxylic acids is 2. The normalized spacial score (nSPS) is 20.4. The molecule has 3 aliphatic rings. The summed E-state index contributed by atoms with van der Waals surface area (Å²) < 4.78 is 32.0. The van der Waals surface area contributed by atoms with Crippen molar-refractivity contribution in [1.29, 1.82) is 0 Å². The number of rotatable bonds is 8. The number of cyclic esters (lactones) is 1. The molecule has 10 nitrogen and oxygen atoms in total. The topological polar surface area (TPSA) is 104 Å². The second-order valence-corrected chi connectivity index (χ2v) is 9.72. The quantitative estimate of drug-likeness (QED) is 0.499. The van der Waals surface area contributed by atoms with Crippen LogP contribution >= 0.6 is 0 Å². The molecular formula is C26H32BFN4O6. The van der Waals surface area contributed by atoms with Gasteiger partial charge in [-0.1, -0.05) is 13.0 Å². The van der Waals surface area contributed by atoms with E-state index in [4.69, 9.17) is 14.1 Å². The molecule has 2 aromatic carbocycles. The Morgan fingerprint density at radius 1 is 1.24 bits per heavy atom. The van der Waals surface area contributed by atoms with Crippen LogP contribution in [0.4, 0.5) is 20.6 Å². The fourth-order valence-electron chi connectivity index (χ4n) is 5.11. The number of piperazine rings is 1. The molecule has 2 amide bonds. The van der Waals surface area contributed by atoms with Crippen molar-refractivity contribution in [2.45, 2.75) is 39.2 Å². The maximum absolute atomic E-state index is 15.2. The lowest BCUT2D eigenvalue weighted by molar-refractivity contribution is -0.119. The van der Waals surface area contributed by atoms with Gasteiger partial charge in [0.2, 0.25) is 5.91 Å². The first kappa shape index (κ1) is 26.3. The number of anilines is 2. The molecule has 12 heteroatoms. The van der Waals surface area contributed by atoms with Gasteiger partial charge < -0.3 is 29.4 Å². The van der Waals surface area contributed by atoms with Gasteiger partial charge in [0.1, 0.15) is 17.7 Å². The summed E-state index contributed by atoms with van der Waals surface area (Å²) in [6.07, 6.45) is -0.412. The number of benzene rings is 2. The van der Waals surface area contributed by atoms with Crippen LogP contribution in [0.25, 0.3) is 0 Å². The molecule has 2 fully saturated rings. The Balaban J connectivity index is 1.18. The molecule has 3 aliphatic heterocycles. The lowest BCUT2D eigenvalue weighted by Gasteiger charge is -2.40. The van der Waals surface area contributed by atoms with E-state index in [0.717, 1.165) is 17.4 Å². The van der Waals surface area contributed by atoms with E-state index in [9.17, 15) is 14.6 Å². The van der Waals surface area contributed by atoms with Crippen LogP contribution in [0.5, 0.6) is 5.75 Å². The van der Waals surface area contributed by atoms with Crippen molar-refractivity contribution < 1.29 is 33.1 Å². The summed E-state index contributed by atoms with van der Waals surface area (Å²) in [6.45, 7) is 6.94. The Kier molecular flexibility index (Phi) is 7.73. The molecule has 2 N–H and O–H groups in total. The van der Waals surface area contributed by atoms with E-state index in [2.05, 4.69) is 17.1 Å². The first-order chi connectivity index (χ1) is 18.3. The van der Waals surface area contributed by atoms with Crippen LogP contribution in [0.2, 0.25) is 0 Å². The predicted molar refractivity (Wildman–Crippen MR) is 140 cm³/mol. The Labute approximate surface area is 221 Å². The summed E-state index contributed by atoms with van der Waals surface area (Å²) in [5.41, 5.74) is 2.61. The second kappa shape index (κ2) is 11.2. The number of amides is 2. The molecular weight excluding hydrogens is 494 g/mol. The molecule has 0 saturated carbocycles. The molecule has 2 atom stereocenters. The van der Waals surface area contributed by atoms with Gasteiger partial charge in [-0.15, -0.1) is 0 Å². The fourth-order valence-corrected chi connectivity index (χ4v) is 5.11. The van der Waals surface area contributed by atoms with E-state index in [1.807, 2.05) is 23.1 Å². The Morgan fingerprint density at radius 2 is 2.03 bits per heavy atom. The molecule has 0 aromatic heterocycles. The summed E-state index contributed by atoms with van der Waals surface area (Å²) in [4.78, 5) is 29.0. The molecule has 38 heavy (non-hydrogen) atoms. The monoisotopic (exact) mass is 526 g/mol. The summed E-state index contributed by atoms with van der Waals surface area (Å²) in [5.74, 6) is 0.0743. The Hall–Kier alpha value is -3.35. The molecule has 2 aromatic rings. The number of ether oxygens (including phenoxy) is 2. The van der Waals surface area contributed by atoms with Crippen molar-refractivity contribution in [1.82, 2.24) is 10.2 Å². The van der Waals surface area contributed by atoms with Crippen LogP contribution in [-0.2, 0) is 20.8 Å². The van der Waals surface area contributed by atoms with Crippen molar-refractivity contribution in [3.05, 3.63) is 47.8 Å². The molecule has 202 valence electrons. The average molecular weight is 526 g/mol. The number of nitrogens with one attached hydrogen (secondary N) is 1. The van der Waals surface area contributed by atoms with Gasteiger partial charge in [-0.3, -0.25) is 14.6 Å². The Bertz CT molecular complexity index is 1190. The third kappa shape index (κ3) is 5.57. The largest absolute Gasteiger partial charge is 0.491 e. The van der Waals surface area contributed by atoms with Crippen LogP contribution in [0.1, 0.15) is 25.8 Å². The Morgan fingerprint density at radius 3 is 2.74 bits per heavy atom. The second-order valence-electron chi connectivity index (χ2n) is 9.72. The van der Waals surface area contributed by atoms with Gasteiger partial charge in [-0.25, -0.2) is 9.18 Å². The summed E-state index contributed by atoms with van der Waals surface area (Å²) in [6, 6.07) is 10.4. The molecule has 2 unspecified atom stereocenters. The summed E-state index contributed by atoms with van der Waals surface area (Å²) in [5, 5.41) is 12.6.